The van der Waals surface area contributed by atoms with Gasteiger partial charge in [0.2, 0.25) is 0 Å². The number of hydrogen-bond donors (Lipinski definition) is 1. The summed E-state index contributed by atoms with van der Waals surface area (Å²) < 4.78 is 0. The minimum absolute atomic E-state index is 0.294. The van der Waals surface area contributed by atoms with Crippen molar-refractivity contribution >= 4 is 16.9 Å². The molecule has 0 unspecified atom stereocenters. The largest absolute Gasteiger partial charge is 0.396 e. The summed E-state index contributed by atoms with van der Waals surface area (Å²) in [6.45, 7) is 2.63. The molecular formula is C14H21NOS. The maximum absolute atomic E-state index is 9.03. The Morgan fingerprint density at radius 3 is 2.76 bits per heavy atom. The Bertz CT molecular complexity index is 360. The Hall–Kier alpha value is -0.640. The Labute approximate surface area is 108 Å². The van der Waals surface area contributed by atoms with Crippen LogP contribution in [0.3, 0.4) is 0 Å². The van der Waals surface area contributed by atoms with Gasteiger partial charge in [0.1, 0.15) is 0 Å². The average molecular weight is 251 g/mol. The minimum Gasteiger partial charge on any atom is -0.396 e. The van der Waals surface area contributed by atoms with Crippen LogP contribution in [0.4, 0.5) is 0 Å². The van der Waals surface area contributed by atoms with Crippen LogP contribution in [0.25, 0.3) is 5.57 Å². The van der Waals surface area contributed by atoms with Gasteiger partial charge in [0, 0.05) is 24.6 Å². The molecule has 94 valence electrons. The molecule has 2 rings (SSSR count). The van der Waals surface area contributed by atoms with Crippen molar-refractivity contribution in [3.05, 3.63) is 28.0 Å². The van der Waals surface area contributed by atoms with Crippen LogP contribution in [-0.4, -0.2) is 36.8 Å². The van der Waals surface area contributed by atoms with Gasteiger partial charge in [-0.1, -0.05) is 11.6 Å². The quantitative estimate of drug-likeness (QED) is 0.889. The second kappa shape index (κ2) is 6.34. The summed E-state index contributed by atoms with van der Waals surface area (Å²) in [5.41, 5.74) is 3.11. The molecule has 1 aliphatic rings. The van der Waals surface area contributed by atoms with Crippen molar-refractivity contribution in [2.24, 2.45) is 0 Å². The number of hydrogen-bond acceptors (Lipinski definition) is 3. The maximum Gasteiger partial charge on any atom is 0.0434 e. The molecule has 0 spiro atoms. The van der Waals surface area contributed by atoms with Crippen LogP contribution in [-0.2, 0) is 0 Å². The number of thiophene rings is 1. The fraction of sp³-hybridized carbons (Fsp3) is 0.571. The van der Waals surface area contributed by atoms with Gasteiger partial charge in [-0.25, -0.2) is 0 Å². The van der Waals surface area contributed by atoms with E-state index in [1.165, 1.54) is 36.4 Å². The molecule has 0 aromatic carbocycles. The number of nitrogens with zero attached hydrogens (tertiary/aromatic N) is 1. The van der Waals surface area contributed by atoms with Gasteiger partial charge >= 0.3 is 0 Å². The lowest BCUT2D eigenvalue weighted by molar-refractivity contribution is 0.289. The molecule has 2 nitrogen and oxygen atoms in total. The number of rotatable bonds is 4. The number of aliphatic hydroxyl groups excluding tert-OH is 1. The molecule has 17 heavy (non-hydrogen) atoms. The fourth-order valence-electron chi connectivity index (χ4n) is 2.37. The van der Waals surface area contributed by atoms with E-state index in [2.05, 4.69) is 29.5 Å². The molecule has 1 aliphatic heterocycles. The van der Waals surface area contributed by atoms with Crippen LogP contribution in [0.2, 0.25) is 0 Å². The summed E-state index contributed by atoms with van der Waals surface area (Å²) in [4.78, 5) is 3.79. The third-order valence-corrected chi connectivity index (χ3v) is 4.35. The average Bonchev–Trinajstić information content (AvgIpc) is 2.85. The zero-order chi connectivity index (χ0) is 12.1. The standard InChI is InChI=1S/C14H21NOS/c1-15-8-6-12(7-9-15)13(4-2-10-16)14-5-3-11-17-14/h3,5,11,16H,2,4,6-10H2,1H3. The summed E-state index contributed by atoms with van der Waals surface area (Å²) >= 11 is 1.82. The fourth-order valence-corrected chi connectivity index (χ4v) is 3.22. The Morgan fingerprint density at radius 1 is 1.41 bits per heavy atom. The Morgan fingerprint density at radius 2 is 2.18 bits per heavy atom. The van der Waals surface area contributed by atoms with E-state index in [1.807, 2.05) is 11.3 Å². The highest BCUT2D eigenvalue weighted by molar-refractivity contribution is 7.11. The SMILES string of the molecule is CN1CCC(=C(CCCO)c2cccs2)CC1. The zero-order valence-corrected chi connectivity index (χ0v) is 11.3. The van der Waals surface area contributed by atoms with E-state index in [1.54, 1.807) is 5.57 Å². The van der Waals surface area contributed by atoms with Gasteiger partial charge in [0.25, 0.3) is 0 Å². The summed E-state index contributed by atoms with van der Waals surface area (Å²) in [5, 5.41) is 11.2. The highest BCUT2D eigenvalue weighted by Gasteiger charge is 2.15. The van der Waals surface area contributed by atoms with Crippen LogP contribution in [0.5, 0.6) is 0 Å². The van der Waals surface area contributed by atoms with Gasteiger partial charge in [-0.15, -0.1) is 11.3 Å². The summed E-state index contributed by atoms with van der Waals surface area (Å²) in [5.74, 6) is 0. The van der Waals surface area contributed by atoms with Gasteiger partial charge in [0.05, 0.1) is 0 Å². The van der Waals surface area contributed by atoms with E-state index in [9.17, 15) is 0 Å². The highest BCUT2D eigenvalue weighted by atomic mass is 32.1. The monoisotopic (exact) mass is 251 g/mol. The zero-order valence-electron chi connectivity index (χ0n) is 10.5. The molecule has 0 bridgehead atoms. The topological polar surface area (TPSA) is 23.5 Å². The van der Waals surface area contributed by atoms with Crippen molar-refractivity contribution in [1.29, 1.82) is 0 Å². The lowest BCUT2D eigenvalue weighted by atomic mass is 9.94. The summed E-state index contributed by atoms with van der Waals surface area (Å²) in [7, 11) is 2.19. The van der Waals surface area contributed by atoms with Gasteiger partial charge in [0.15, 0.2) is 0 Å². The second-order valence-corrected chi connectivity index (χ2v) is 5.64. The van der Waals surface area contributed by atoms with Gasteiger partial charge in [-0.05, 0) is 49.8 Å². The molecule has 1 fully saturated rings. The first kappa shape index (κ1) is 12.8. The van der Waals surface area contributed by atoms with E-state index < -0.39 is 0 Å². The molecular weight excluding hydrogens is 230 g/mol. The molecule has 0 saturated carbocycles. The van der Waals surface area contributed by atoms with Crippen molar-refractivity contribution < 1.29 is 5.11 Å². The van der Waals surface area contributed by atoms with Crippen LogP contribution < -0.4 is 0 Å². The molecule has 0 radical (unpaired) electrons. The normalized spacial score (nSPS) is 17.4. The van der Waals surface area contributed by atoms with Crippen molar-refractivity contribution in [1.82, 2.24) is 4.90 Å². The predicted molar refractivity (Wildman–Crippen MR) is 74.3 cm³/mol. The van der Waals surface area contributed by atoms with Crippen LogP contribution >= 0.6 is 11.3 Å². The van der Waals surface area contributed by atoms with Crippen molar-refractivity contribution in [3.63, 3.8) is 0 Å². The van der Waals surface area contributed by atoms with E-state index in [4.69, 9.17) is 5.11 Å². The van der Waals surface area contributed by atoms with Crippen LogP contribution in [0, 0.1) is 0 Å². The number of piperidine rings is 1. The first-order valence-corrected chi connectivity index (χ1v) is 7.23. The first-order chi connectivity index (χ1) is 8.31. The van der Waals surface area contributed by atoms with E-state index in [0.717, 1.165) is 12.8 Å². The van der Waals surface area contributed by atoms with E-state index in [0.29, 0.717) is 6.61 Å². The van der Waals surface area contributed by atoms with E-state index in [-0.39, 0.29) is 0 Å². The molecule has 1 N–H and O–H groups in total. The minimum atomic E-state index is 0.294. The molecule has 3 heteroatoms. The number of allylic oxidation sites excluding steroid dienone is 1. The predicted octanol–water partition coefficient (Wildman–Crippen LogP) is 3.00. The molecule has 1 aromatic heterocycles. The highest BCUT2D eigenvalue weighted by Crippen LogP contribution is 2.32. The Kier molecular flexibility index (Phi) is 4.77. The third-order valence-electron chi connectivity index (χ3n) is 3.42. The molecule has 1 aromatic rings. The first-order valence-electron chi connectivity index (χ1n) is 6.35. The van der Waals surface area contributed by atoms with Crippen molar-refractivity contribution in [3.8, 4) is 0 Å². The Balaban J connectivity index is 2.17. The third kappa shape index (κ3) is 3.41. The second-order valence-electron chi connectivity index (χ2n) is 4.69. The molecule has 0 amide bonds. The number of likely N-dealkylation sites (tertiary alicyclic amines) is 1. The van der Waals surface area contributed by atoms with Crippen molar-refractivity contribution in [2.75, 3.05) is 26.7 Å². The lowest BCUT2D eigenvalue weighted by Gasteiger charge is -2.26. The smallest absolute Gasteiger partial charge is 0.0434 e. The van der Waals surface area contributed by atoms with Crippen molar-refractivity contribution in [2.45, 2.75) is 25.7 Å². The summed E-state index contributed by atoms with van der Waals surface area (Å²) in [6.07, 6.45) is 4.28. The van der Waals surface area contributed by atoms with Gasteiger partial charge in [-0.3, -0.25) is 0 Å². The van der Waals surface area contributed by atoms with Crippen LogP contribution in [0.1, 0.15) is 30.6 Å². The van der Waals surface area contributed by atoms with Crippen LogP contribution in [0.15, 0.2) is 23.1 Å². The maximum atomic E-state index is 9.03. The van der Waals surface area contributed by atoms with Gasteiger partial charge in [-0.2, -0.15) is 0 Å². The number of aliphatic hydroxyl groups is 1. The lowest BCUT2D eigenvalue weighted by Crippen LogP contribution is -2.26. The van der Waals surface area contributed by atoms with Gasteiger partial charge < -0.3 is 10.0 Å². The molecule has 0 aliphatic carbocycles. The van der Waals surface area contributed by atoms with E-state index >= 15 is 0 Å². The molecule has 1 saturated heterocycles. The molecule has 2 heterocycles. The molecule has 0 atom stereocenters. The summed E-state index contributed by atoms with van der Waals surface area (Å²) in [6, 6.07) is 4.33.